The van der Waals surface area contributed by atoms with E-state index in [4.69, 9.17) is 0 Å². The number of pyridine rings is 1. The number of benzene rings is 2. The number of imidazole rings is 1. The Morgan fingerprint density at radius 2 is 1.75 bits per heavy atom. The molecule has 0 aliphatic carbocycles. The molecule has 9 heteroatoms. The second-order valence-corrected chi connectivity index (χ2v) is 6.86. The molecule has 0 radical (unpaired) electrons. The third-order valence-corrected chi connectivity index (χ3v) is 4.68. The number of aromatic nitrogens is 5. The van der Waals surface area contributed by atoms with Gasteiger partial charge in [0.2, 0.25) is 5.95 Å². The van der Waals surface area contributed by atoms with Gasteiger partial charge in [-0.1, -0.05) is 18.2 Å². The summed E-state index contributed by atoms with van der Waals surface area (Å²) in [5.74, 6) is 1.12. The van der Waals surface area contributed by atoms with Gasteiger partial charge in [0.15, 0.2) is 0 Å². The molecule has 0 saturated heterocycles. The van der Waals surface area contributed by atoms with Gasteiger partial charge in [-0.05, 0) is 36.4 Å². The maximum atomic E-state index is 12.5. The van der Waals surface area contributed by atoms with Crippen LogP contribution in [0.25, 0.3) is 33.7 Å². The molecule has 0 unspecified atom stereocenters. The Balaban J connectivity index is 1.36. The third kappa shape index (κ3) is 4.22. The number of fused-ring (bicyclic) bond motifs is 1. The summed E-state index contributed by atoms with van der Waals surface area (Å²) in [7, 11) is 0. The number of H-pyrrole nitrogens is 1. The number of anilines is 2. The van der Waals surface area contributed by atoms with E-state index in [1.807, 2.05) is 42.5 Å². The van der Waals surface area contributed by atoms with Crippen LogP contribution in [0.4, 0.5) is 20.4 Å². The van der Waals surface area contributed by atoms with E-state index in [1.54, 1.807) is 24.7 Å². The van der Waals surface area contributed by atoms with Crippen molar-refractivity contribution in [3.63, 3.8) is 0 Å². The van der Waals surface area contributed by atoms with E-state index in [9.17, 15) is 8.78 Å². The molecule has 5 aromatic rings. The van der Waals surface area contributed by atoms with Crippen LogP contribution in [0.15, 0.2) is 79.3 Å². The third-order valence-electron chi connectivity index (χ3n) is 4.68. The summed E-state index contributed by atoms with van der Waals surface area (Å²) in [6.07, 6.45) is 5.14. The highest BCUT2D eigenvalue weighted by atomic mass is 19.3. The molecule has 0 saturated carbocycles. The van der Waals surface area contributed by atoms with Gasteiger partial charge in [0, 0.05) is 41.5 Å². The van der Waals surface area contributed by atoms with Crippen molar-refractivity contribution in [2.45, 2.75) is 6.61 Å². The van der Waals surface area contributed by atoms with Gasteiger partial charge >= 0.3 is 6.61 Å². The highest BCUT2D eigenvalue weighted by molar-refractivity contribution is 5.81. The quantitative estimate of drug-likeness (QED) is 0.374. The normalized spacial score (nSPS) is 11.1. The largest absolute Gasteiger partial charge is 0.435 e. The van der Waals surface area contributed by atoms with E-state index in [2.05, 4.69) is 35.0 Å². The molecule has 3 aromatic heterocycles. The van der Waals surface area contributed by atoms with Crippen molar-refractivity contribution in [3.8, 4) is 28.4 Å². The van der Waals surface area contributed by atoms with E-state index >= 15 is 0 Å². The predicted octanol–water partition coefficient (Wildman–Crippen LogP) is 5.43. The number of rotatable bonds is 6. The minimum atomic E-state index is -2.88. The highest BCUT2D eigenvalue weighted by Crippen LogP contribution is 2.27. The molecular weight excluding hydrogens is 414 g/mol. The lowest BCUT2D eigenvalue weighted by Gasteiger charge is -2.07. The molecule has 0 aliphatic heterocycles. The molecule has 2 N–H and O–H groups in total. The number of halogens is 2. The fourth-order valence-electron chi connectivity index (χ4n) is 3.23. The monoisotopic (exact) mass is 430 g/mol. The van der Waals surface area contributed by atoms with Crippen LogP contribution < -0.4 is 10.1 Å². The molecule has 0 fully saturated rings. The summed E-state index contributed by atoms with van der Waals surface area (Å²) in [5.41, 5.74) is 4.46. The molecular formula is C23H16F2N6O. The molecule has 0 amide bonds. The van der Waals surface area contributed by atoms with Crippen LogP contribution >= 0.6 is 0 Å². The number of ether oxygens (including phenoxy) is 1. The number of hydrogen-bond acceptors (Lipinski definition) is 6. The predicted molar refractivity (Wildman–Crippen MR) is 117 cm³/mol. The fraction of sp³-hybridized carbons (Fsp3) is 0.0435. The van der Waals surface area contributed by atoms with Gasteiger partial charge in [0.05, 0.1) is 16.7 Å². The molecule has 2 aromatic carbocycles. The van der Waals surface area contributed by atoms with Crippen LogP contribution in [0.2, 0.25) is 0 Å². The maximum Gasteiger partial charge on any atom is 0.387 e. The fourth-order valence-corrected chi connectivity index (χ4v) is 3.23. The molecule has 0 atom stereocenters. The van der Waals surface area contributed by atoms with Crippen molar-refractivity contribution in [3.05, 3.63) is 79.3 Å². The molecule has 3 heterocycles. The Morgan fingerprint density at radius 1 is 0.875 bits per heavy atom. The molecule has 0 aliphatic rings. The first-order valence-electron chi connectivity index (χ1n) is 9.69. The van der Waals surface area contributed by atoms with Crippen LogP contribution in [-0.4, -0.2) is 31.5 Å². The van der Waals surface area contributed by atoms with Crippen molar-refractivity contribution in [1.82, 2.24) is 24.9 Å². The summed E-state index contributed by atoms with van der Waals surface area (Å²) in [6, 6.07) is 17.8. The molecule has 0 spiro atoms. The zero-order valence-corrected chi connectivity index (χ0v) is 16.5. The summed E-state index contributed by atoms with van der Waals surface area (Å²) in [4.78, 5) is 20.7. The second-order valence-electron chi connectivity index (χ2n) is 6.86. The summed E-state index contributed by atoms with van der Waals surface area (Å²) in [5, 5.41) is 3.17. The standard InChI is InChI=1S/C23H16F2N6O/c24-22(25)32-17-7-8-19-20(11-17)31-21(30-19)14-4-3-5-16(10-14)29-23-27-12-15(13-28-23)18-6-1-2-9-26-18/h1-13,22H,(H,30,31)(H,27,28,29). The maximum absolute atomic E-state index is 12.5. The number of hydrogen-bond donors (Lipinski definition) is 2. The van der Waals surface area contributed by atoms with Gasteiger partial charge in [-0.25, -0.2) is 15.0 Å². The number of nitrogens with zero attached hydrogens (tertiary/aromatic N) is 4. The lowest BCUT2D eigenvalue weighted by Crippen LogP contribution is -2.01. The van der Waals surface area contributed by atoms with Crippen LogP contribution in [0.3, 0.4) is 0 Å². The topological polar surface area (TPSA) is 88.6 Å². The zero-order valence-electron chi connectivity index (χ0n) is 16.5. The van der Waals surface area contributed by atoms with Crippen LogP contribution in [-0.2, 0) is 0 Å². The highest BCUT2D eigenvalue weighted by Gasteiger charge is 2.10. The smallest absolute Gasteiger partial charge is 0.387 e. The first-order valence-corrected chi connectivity index (χ1v) is 9.69. The van der Waals surface area contributed by atoms with Crippen molar-refractivity contribution in [1.29, 1.82) is 0 Å². The first kappa shape index (κ1) is 19.6. The average molecular weight is 430 g/mol. The SMILES string of the molecule is FC(F)Oc1ccc2nc(-c3cccc(Nc4ncc(-c5ccccn5)cn4)c3)[nH]c2c1. The number of aromatic amines is 1. The van der Waals surface area contributed by atoms with E-state index in [0.717, 1.165) is 22.5 Å². The lowest BCUT2D eigenvalue weighted by molar-refractivity contribution is -0.0497. The second kappa shape index (κ2) is 8.38. The molecule has 158 valence electrons. The van der Waals surface area contributed by atoms with E-state index in [1.165, 1.54) is 12.1 Å². The van der Waals surface area contributed by atoms with Crippen molar-refractivity contribution >= 4 is 22.7 Å². The summed E-state index contributed by atoms with van der Waals surface area (Å²) < 4.78 is 29.4. The summed E-state index contributed by atoms with van der Waals surface area (Å²) in [6.45, 7) is -2.88. The van der Waals surface area contributed by atoms with Gasteiger partial charge in [0.1, 0.15) is 11.6 Å². The minimum Gasteiger partial charge on any atom is -0.435 e. The van der Waals surface area contributed by atoms with Gasteiger partial charge in [-0.15, -0.1) is 0 Å². The Hall–Kier alpha value is -4.40. The van der Waals surface area contributed by atoms with Crippen LogP contribution in [0.1, 0.15) is 0 Å². The lowest BCUT2D eigenvalue weighted by atomic mass is 10.2. The first-order chi connectivity index (χ1) is 15.6. The molecule has 32 heavy (non-hydrogen) atoms. The van der Waals surface area contributed by atoms with Crippen molar-refractivity contribution in [2.75, 3.05) is 5.32 Å². The van der Waals surface area contributed by atoms with E-state index < -0.39 is 6.61 Å². The van der Waals surface area contributed by atoms with Gasteiger partial charge in [-0.2, -0.15) is 8.78 Å². The molecule has 5 rings (SSSR count). The average Bonchev–Trinajstić information content (AvgIpc) is 3.24. The minimum absolute atomic E-state index is 0.0735. The van der Waals surface area contributed by atoms with Crippen LogP contribution in [0, 0.1) is 0 Å². The van der Waals surface area contributed by atoms with E-state index in [0.29, 0.717) is 22.8 Å². The zero-order chi connectivity index (χ0) is 21.9. The summed E-state index contributed by atoms with van der Waals surface area (Å²) >= 11 is 0. The van der Waals surface area contributed by atoms with E-state index in [-0.39, 0.29) is 5.75 Å². The van der Waals surface area contributed by atoms with Crippen molar-refractivity contribution in [2.24, 2.45) is 0 Å². The molecule has 0 bridgehead atoms. The Kier molecular flexibility index (Phi) is 5.12. The Labute approximate surface area is 181 Å². The van der Waals surface area contributed by atoms with Crippen LogP contribution in [0.5, 0.6) is 5.75 Å². The molecule has 7 nitrogen and oxygen atoms in total. The van der Waals surface area contributed by atoms with Crippen molar-refractivity contribution < 1.29 is 13.5 Å². The Bertz CT molecular complexity index is 1360. The van der Waals surface area contributed by atoms with Gasteiger partial charge < -0.3 is 15.0 Å². The number of alkyl halides is 2. The van der Waals surface area contributed by atoms with Gasteiger partial charge in [-0.3, -0.25) is 4.98 Å². The Morgan fingerprint density at radius 3 is 2.53 bits per heavy atom. The van der Waals surface area contributed by atoms with Gasteiger partial charge in [0.25, 0.3) is 0 Å². The number of nitrogens with one attached hydrogen (secondary N) is 2.